The summed E-state index contributed by atoms with van der Waals surface area (Å²) < 4.78 is 1.06. The van der Waals surface area contributed by atoms with E-state index in [2.05, 4.69) is 40.1 Å². The zero-order valence-corrected chi connectivity index (χ0v) is 14.5. The monoisotopic (exact) mass is 406 g/mol. The Morgan fingerprint density at radius 2 is 2.40 bits per heavy atom. The van der Waals surface area contributed by atoms with Crippen LogP contribution in [0.3, 0.4) is 0 Å². The van der Waals surface area contributed by atoms with Crippen molar-refractivity contribution >= 4 is 45.8 Å². The SMILES string of the molecule is CC(CC(=O)Nc1ccc(I)cc1Cl)C1CCCNC1. The Balaban J connectivity index is 1.88. The van der Waals surface area contributed by atoms with Gasteiger partial charge in [-0.3, -0.25) is 4.79 Å². The topological polar surface area (TPSA) is 41.1 Å². The van der Waals surface area contributed by atoms with Crippen LogP contribution in [-0.2, 0) is 4.79 Å². The molecule has 2 unspecified atom stereocenters. The molecule has 1 aromatic carbocycles. The summed E-state index contributed by atoms with van der Waals surface area (Å²) >= 11 is 8.33. The molecule has 1 heterocycles. The molecular weight excluding hydrogens is 387 g/mol. The first-order chi connectivity index (χ1) is 9.56. The van der Waals surface area contributed by atoms with E-state index in [1.165, 1.54) is 12.8 Å². The first kappa shape index (κ1) is 16.0. The number of rotatable bonds is 4. The van der Waals surface area contributed by atoms with Crippen molar-refractivity contribution in [3.05, 3.63) is 26.8 Å². The second kappa shape index (κ2) is 7.61. The molecule has 1 aliphatic rings. The van der Waals surface area contributed by atoms with E-state index in [0.717, 1.165) is 16.7 Å². The molecule has 110 valence electrons. The van der Waals surface area contributed by atoms with Crippen LogP contribution >= 0.6 is 34.2 Å². The normalized spacial score (nSPS) is 20.4. The molecule has 2 N–H and O–H groups in total. The molecule has 0 aliphatic carbocycles. The van der Waals surface area contributed by atoms with Crippen LogP contribution in [0.5, 0.6) is 0 Å². The van der Waals surface area contributed by atoms with Crippen LogP contribution < -0.4 is 10.6 Å². The molecule has 1 aromatic rings. The van der Waals surface area contributed by atoms with Crippen LogP contribution in [-0.4, -0.2) is 19.0 Å². The number of carbonyl (C=O) groups is 1. The van der Waals surface area contributed by atoms with Crippen LogP contribution in [0.25, 0.3) is 0 Å². The largest absolute Gasteiger partial charge is 0.325 e. The fourth-order valence-corrected chi connectivity index (χ4v) is 3.52. The van der Waals surface area contributed by atoms with E-state index in [9.17, 15) is 4.79 Å². The van der Waals surface area contributed by atoms with Gasteiger partial charge in [0.25, 0.3) is 0 Å². The van der Waals surface area contributed by atoms with Gasteiger partial charge in [0, 0.05) is 9.99 Å². The van der Waals surface area contributed by atoms with E-state index in [4.69, 9.17) is 11.6 Å². The molecule has 0 bridgehead atoms. The Morgan fingerprint density at radius 1 is 1.60 bits per heavy atom. The number of nitrogens with one attached hydrogen (secondary N) is 2. The quantitative estimate of drug-likeness (QED) is 0.745. The number of piperidine rings is 1. The minimum absolute atomic E-state index is 0.0474. The van der Waals surface area contributed by atoms with Gasteiger partial charge in [0.15, 0.2) is 0 Å². The fourth-order valence-electron chi connectivity index (χ4n) is 2.62. The summed E-state index contributed by atoms with van der Waals surface area (Å²) in [5.74, 6) is 1.04. The Hall–Kier alpha value is -0.330. The molecular formula is C15H20ClIN2O. The van der Waals surface area contributed by atoms with Crippen LogP contribution in [0.4, 0.5) is 5.69 Å². The average Bonchev–Trinajstić information content (AvgIpc) is 2.43. The Morgan fingerprint density at radius 3 is 3.05 bits per heavy atom. The van der Waals surface area contributed by atoms with Crippen molar-refractivity contribution in [3.8, 4) is 0 Å². The van der Waals surface area contributed by atoms with E-state index in [1.54, 1.807) is 0 Å². The lowest BCUT2D eigenvalue weighted by Gasteiger charge is -2.28. The molecule has 0 saturated carbocycles. The number of hydrogen-bond donors (Lipinski definition) is 2. The first-order valence-electron chi connectivity index (χ1n) is 7.02. The summed E-state index contributed by atoms with van der Waals surface area (Å²) in [6.07, 6.45) is 2.97. The van der Waals surface area contributed by atoms with E-state index in [-0.39, 0.29) is 5.91 Å². The standard InChI is InChI=1S/C15H20ClIN2O/c1-10(11-3-2-6-18-9-11)7-15(20)19-14-5-4-12(17)8-13(14)16/h4-5,8,10-11,18H,2-3,6-7,9H2,1H3,(H,19,20). The predicted octanol–water partition coefficient (Wildman–Crippen LogP) is 3.91. The van der Waals surface area contributed by atoms with Crippen molar-refractivity contribution in [1.82, 2.24) is 5.32 Å². The second-order valence-electron chi connectivity index (χ2n) is 5.46. The van der Waals surface area contributed by atoms with Gasteiger partial charge in [-0.1, -0.05) is 18.5 Å². The van der Waals surface area contributed by atoms with Gasteiger partial charge in [0.1, 0.15) is 0 Å². The summed E-state index contributed by atoms with van der Waals surface area (Å²) in [5, 5.41) is 6.91. The predicted molar refractivity (Wildman–Crippen MR) is 92.2 cm³/mol. The molecule has 3 nitrogen and oxygen atoms in total. The minimum Gasteiger partial charge on any atom is -0.325 e. The van der Waals surface area contributed by atoms with Crippen LogP contribution in [0.15, 0.2) is 18.2 Å². The van der Waals surface area contributed by atoms with Gasteiger partial charge in [-0.15, -0.1) is 0 Å². The average molecular weight is 407 g/mol. The van der Waals surface area contributed by atoms with Crippen LogP contribution in [0, 0.1) is 15.4 Å². The zero-order chi connectivity index (χ0) is 14.5. The maximum Gasteiger partial charge on any atom is 0.224 e. The Kier molecular flexibility index (Phi) is 6.11. The van der Waals surface area contributed by atoms with Crippen molar-refractivity contribution < 1.29 is 4.79 Å². The Labute approximate surface area is 139 Å². The summed E-state index contributed by atoms with van der Waals surface area (Å²) in [6, 6.07) is 5.65. The van der Waals surface area contributed by atoms with Gasteiger partial charge in [-0.2, -0.15) is 0 Å². The summed E-state index contributed by atoms with van der Waals surface area (Å²) in [7, 11) is 0. The van der Waals surface area contributed by atoms with Crippen molar-refractivity contribution in [1.29, 1.82) is 0 Å². The third-order valence-electron chi connectivity index (χ3n) is 3.85. The molecule has 2 atom stereocenters. The van der Waals surface area contributed by atoms with Gasteiger partial charge in [-0.25, -0.2) is 0 Å². The highest BCUT2D eigenvalue weighted by Crippen LogP contribution is 2.26. The highest BCUT2D eigenvalue weighted by Gasteiger charge is 2.22. The van der Waals surface area contributed by atoms with Crippen molar-refractivity contribution in [2.75, 3.05) is 18.4 Å². The van der Waals surface area contributed by atoms with Crippen molar-refractivity contribution in [2.45, 2.75) is 26.2 Å². The number of halogens is 2. The van der Waals surface area contributed by atoms with E-state index < -0.39 is 0 Å². The summed E-state index contributed by atoms with van der Waals surface area (Å²) in [4.78, 5) is 12.1. The fraction of sp³-hybridized carbons (Fsp3) is 0.533. The molecule has 0 spiro atoms. The highest BCUT2D eigenvalue weighted by atomic mass is 127. The maximum absolute atomic E-state index is 12.1. The molecule has 2 rings (SSSR count). The first-order valence-corrected chi connectivity index (χ1v) is 8.47. The number of amides is 1. The second-order valence-corrected chi connectivity index (χ2v) is 7.11. The third-order valence-corrected chi connectivity index (χ3v) is 4.84. The lowest BCUT2D eigenvalue weighted by atomic mass is 9.85. The number of benzene rings is 1. The lowest BCUT2D eigenvalue weighted by Crippen LogP contribution is -2.34. The molecule has 1 aliphatic heterocycles. The molecule has 0 radical (unpaired) electrons. The van der Waals surface area contributed by atoms with Crippen LogP contribution in [0.2, 0.25) is 5.02 Å². The van der Waals surface area contributed by atoms with Gasteiger partial charge in [0.2, 0.25) is 5.91 Å². The lowest BCUT2D eigenvalue weighted by molar-refractivity contribution is -0.117. The molecule has 0 aromatic heterocycles. The molecule has 1 amide bonds. The van der Waals surface area contributed by atoms with E-state index in [0.29, 0.717) is 29.0 Å². The smallest absolute Gasteiger partial charge is 0.224 e. The molecule has 20 heavy (non-hydrogen) atoms. The number of carbonyl (C=O) groups excluding carboxylic acids is 1. The zero-order valence-electron chi connectivity index (χ0n) is 11.6. The number of anilines is 1. The maximum atomic E-state index is 12.1. The van der Waals surface area contributed by atoms with Gasteiger partial charge >= 0.3 is 0 Å². The molecule has 5 heteroatoms. The van der Waals surface area contributed by atoms with Crippen LogP contribution in [0.1, 0.15) is 26.2 Å². The Bertz CT molecular complexity index is 475. The van der Waals surface area contributed by atoms with Gasteiger partial charge in [-0.05, 0) is 78.6 Å². The van der Waals surface area contributed by atoms with Crippen molar-refractivity contribution in [3.63, 3.8) is 0 Å². The van der Waals surface area contributed by atoms with E-state index >= 15 is 0 Å². The third kappa shape index (κ3) is 4.60. The van der Waals surface area contributed by atoms with Gasteiger partial charge in [0.05, 0.1) is 10.7 Å². The summed E-state index contributed by atoms with van der Waals surface area (Å²) in [5.41, 5.74) is 0.700. The molecule has 1 saturated heterocycles. The molecule has 1 fully saturated rings. The summed E-state index contributed by atoms with van der Waals surface area (Å²) in [6.45, 7) is 4.29. The number of hydrogen-bond acceptors (Lipinski definition) is 2. The highest BCUT2D eigenvalue weighted by molar-refractivity contribution is 14.1. The minimum atomic E-state index is 0.0474. The van der Waals surface area contributed by atoms with Gasteiger partial charge < -0.3 is 10.6 Å². The van der Waals surface area contributed by atoms with E-state index in [1.807, 2.05) is 18.2 Å². The van der Waals surface area contributed by atoms with Crippen molar-refractivity contribution in [2.24, 2.45) is 11.8 Å².